The Hall–Kier alpha value is -1.96. The van der Waals surface area contributed by atoms with Gasteiger partial charge in [-0.3, -0.25) is 18.5 Å². The molecule has 0 aliphatic carbocycles. The molecule has 1 fully saturated rings. The van der Waals surface area contributed by atoms with Crippen LogP contribution in [0.25, 0.3) is 0 Å². The normalized spacial score (nSPS) is 28.1. The third-order valence-corrected chi connectivity index (χ3v) is 4.43. The highest BCUT2D eigenvalue weighted by molar-refractivity contribution is 7.81. The summed E-state index contributed by atoms with van der Waals surface area (Å²) in [6.07, 6.45) is -10.0. The first kappa shape index (κ1) is 23.3. The summed E-state index contributed by atoms with van der Waals surface area (Å²) in [5, 5.41) is 30.8. The first-order valence-corrected chi connectivity index (χ1v) is 10.1. The van der Waals surface area contributed by atoms with Crippen LogP contribution in [0.1, 0.15) is 0 Å². The average molecular weight is 459 g/mol. The third kappa shape index (κ3) is 6.80. The van der Waals surface area contributed by atoms with Gasteiger partial charge in [-0.1, -0.05) is 0 Å². The first-order valence-electron chi connectivity index (χ1n) is 7.44. The van der Waals surface area contributed by atoms with Gasteiger partial charge in [0.15, 0.2) is 0 Å². The molecule has 29 heavy (non-hydrogen) atoms. The zero-order valence-corrected chi connectivity index (χ0v) is 15.6. The van der Waals surface area contributed by atoms with Gasteiger partial charge in [0, 0.05) is 12.1 Å². The molecule has 0 saturated carbocycles. The number of hydrogen-bond acceptors (Lipinski definition) is 14. The van der Waals surface area contributed by atoms with Gasteiger partial charge in [-0.05, 0) is 12.1 Å². The fraction of sp³-hybridized carbons (Fsp3) is 0.500. The van der Waals surface area contributed by atoms with Gasteiger partial charge in [-0.2, -0.15) is 0 Å². The molecule has 1 saturated heterocycles. The number of aliphatic hydroxyl groups excluding tert-OH is 2. The van der Waals surface area contributed by atoms with E-state index in [0.717, 1.165) is 24.3 Å². The molecule has 17 heteroatoms. The molecule has 1 aromatic rings. The fourth-order valence-electron chi connectivity index (χ4n) is 2.32. The highest BCUT2D eigenvalue weighted by atomic mass is 32.3. The predicted octanol–water partition coefficient (Wildman–Crippen LogP) is -2.26. The third-order valence-electron chi connectivity index (χ3n) is 3.55. The van der Waals surface area contributed by atoms with Crippen molar-refractivity contribution in [3.05, 3.63) is 34.4 Å². The van der Waals surface area contributed by atoms with Gasteiger partial charge in [-0.25, -0.2) is 16.8 Å². The quantitative estimate of drug-likeness (QED) is 0.181. The molecule has 15 nitrogen and oxygen atoms in total. The van der Waals surface area contributed by atoms with Crippen LogP contribution in [0.2, 0.25) is 0 Å². The van der Waals surface area contributed by atoms with Crippen LogP contribution in [0.4, 0.5) is 5.69 Å². The molecular weight excluding hydrogens is 446 g/mol. The lowest BCUT2D eigenvalue weighted by molar-refractivity contribution is -0.384. The van der Waals surface area contributed by atoms with Gasteiger partial charge in [-0.15, -0.1) is 0 Å². The number of ether oxygens (including phenoxy) is 2. The van der Waals surface area contributed by atoms with Crippen molar-refractivity contribution in [3.63, 3.8) is 0 Å². The van der Waals surface area contributed by atoms with Crippen molar-refractivity contribution in [2.75, 3.05) is 6.61 Å². The molecule has 1 aromatic carbocycles. The molecule has 164 valence electrons. The number of nitro groups is 1. The van der Waals surface area contributed by atoms with E-state index in [1.807, 2.05) is 0 Å². The molecule has 1 heterocycles. The topological polar surface area (TPSA) is 235 Å². The maximum atomic E-state index is 10.9. The molecule has 0 spiro atoms. The van der Waals surface area contributed by atoms with Crippen LogP contribution >= 0.6 is 0 Å². The lowest BCUT2D eigenvalue weighted by atomic mass is 9.99. The van der Waals surface area contributed by atoms with Gasteiger partial charge in [0.25, 0.3) is 5.69 Å². The van der Waals surface area contributed by atoms with Crippen LogP contribution in [-0.2, 0) is 33.9 Å². The van der Waals surface area contributed by atoms with Gasteiger partial charge in [0.05, 0.1) is 11.5 Å². The Bertz CT molecular complexity index is 930. The Morgan fingerprint density at radius 3 is 2.10 bits per heavy atom. The number of rotatable bonds is 8. The van der Waals surface area contributed by atoms with E-state index >= 15 is 0 Å². The van der Waals surface area contributed by atoms with Crippen LogP contribution < -0.4 is 4.74 Å². The number of nitro benzene ring substituents is 1. The maximum absolute atomic E-state index is 10.9. The number of aliphatic hydroxyl groups is 2. The van der Waals surface area contributed by atoms with E-state index in [0.29, 0.717) is 0 Å². The summed E-state index contributed by atoms with van der Waals surface area (Å²) in [7, 11) is -10.7. The van der Waals surface area contributed by atoms with Crippen molar-refractivity contribution in [1.82, 2.24) is 0 Å². The molecule has 0 bridgehead atoms. The second-order valence-electron chi connectivity index (χ2n) is 5.55. The van der Waals surface area contributed by atoms with Crippen LogP contribution in [0, 0.1) is 10.1 Å². The van der Waals surface area contributed by atoms with Gasteiger partial charge in [0.2, 0.25) is 27.1 Å². The average Bonchev–Trinajstić information content (AvgIpc) is 2.59. The molecular formula is C12H13NO14S2-2. The smallest absolute Gasteiger partial charge is 0.269 e. The monoisotopic (exact) mass is 459 g/mol. The molecule has 0 aromatic heterocycles. The standard InChI is InChI=1S/C12H15NO14S2/c14-9-8(5-24-28(18,19)20)26-12(10(15)11(9)27-29(21,22)23)25-7-3-1-6(2-4-7)13(16)17/h1-4,8-12,14-15H,5H2,(H,18,19,20)(H,21,22,23)/p-2/t8-,9-,10+,11+,12+/m1/s1. The number of hydrogen-bond donors (Lipinski definition) is 2. The summed E-state index contributed by atoms with van der Waals surface area (Å²) in [5.41, 5.74) is -0.302. The highest BCUT2D eigenvalue weighted by Gasteiger charge is 2.48. The zero-order chi connectivity index (χ0) is 22.0. The van der Waals surface area contributed by atoms with E-state index in [9.17, 15) is 46.3 Å². The van der Waals surface area contributed by atoms with Crippen LogP contribution in [0.3, 0.4) is 0 Å². The number of nitrogens with zero attached hydrogens (tertiary/aromatic N) is 1. The summed E-state index contributed by atoms with van der Waals surface area (Å²) < 4.78 is 82.6. The summed E-state index contributed by atoms with van der Waals surface area (Å²) in [4.78, 5) is 9.94. The van der Waals surface area contributed by atoms with Crippen molar-refractivity contribution < 1.29 is 58.9 Å². The molecule has 1 aliphatic heterocycles. The Kier molecular flexibility index (Phi) is 7.09. The van der Waals surface area contributed by atoms with Crippen LogP contribution in [-0.4, -0.2) is 78.4 Å². The first-order chi connectivity index (χ1) is 13.3. The molecule has 0 amide bonds. The van der Waals surface area contributed by atoms with Crippen LogP contribution in [0.5, 0.6) is 5.75 Å². The Balaban J connectivity index is 2.24. The Labute approximate surface area is 163 Å². The van der Waals surface area contributed by atoms with E-state index in [1.54, 1.807) is 0 Å². The minimum Gasteiger partial charge on any atom is -0.726 e. The summed E-state index contributed by atoms with van der Waals surface area (Å²) in [6.45, 7) is -1.13. The van der Waals surface area contributed by atoms with E-state index in [2.05, 4.69) is 8.37 Å². The Morgan fingerprint density at radius 1 is 1.03 bits per heavy atom. The second-order valence-corrected chi connectivity index (χ2v) is 7.62. The SMILES string of the molecule is O=[N+]([O-])c1ccc(O[C@H]2O[C@H](COS(=O)(=O)[O-])[C@@H](O)[C@H](OS(=O)(=O)[O-])[C@@H]2O)cc1. The van der Waals surface area contributed by atoms with E-state index in [4.69, 9.17) is 9.47 Å². The van der Waals surface area contributed by atoms with Crippen molar-refractivity contribution in [2.45, 2.75) is 30.7 Å². The molecule has 0 unspecified atom stereocenters. The summed E-state index contributed by atoms with van der Waals surface area (Å²) in [5.74, 6) is -0.129. The lowest BCUT2D eigenvalue weighted by Crippen LogP contribution is -2.61. The van der Waals surface area contributed by atoms with E-state index in [-0.39, 0.29) is 11.4 Å². The molecule has 2 rings (SSSR count). The largest absolute Gasteiger partial charge is 0.726 e. The lowest BCUT2D eigenvalue weighted by Gasteiger charge is -2.41. The zero-order valence-electron chi connectivity index (χ0n) is 14.0. The summed E-state index contributed by atoms with van der Waals surface area (Å²) >= 11 is 0. The van der Waals surface area contributed by atoms with Gasteiger partial charge in [0.1, 0.15) is 30.2 Å². The second kappa shape index (κ2) is 8.81. The van der Waals surface area contributed by atoms with Crippen molar-refractivity contribution >= 4 is 26.5 Å². The minimum atomic E-state index is -5.44. The highest BCUT2D eigenvalue weighted by Crippen LogP contribution is 2.28. The summed E-state index contributed by atoms with van der Waals surface area (Å²) in [6, 6.07) is 4.24. The molecule has 0 radical (unpaired) electrons. The molecule has 2 N–H and O–H groups in total. The van der Waals surface area contributed by atoms with Gasteiger partial charge >= 0.3 is 0 Å². The Morgan fingerprint density at radius 2 is 1.62 bits per heavy atom. The van der Waals surface area contributed by atoms with Gasteiger partial charge < -0.3 is 28.8 Å². The van der Waals surface area contributed by atoms with Crippen molar-refractivity contribution in [2.24, 2.45) is 0 Å². The maximum Gasteiger partial charge on any atom is 0.269 e. The minimum absolute atomic E-state index is 0.129. The van der Waals surface area contributed by atoms with E-state index in [1.165, 1.54) is 0 Å². The van der Waals surface area contributed by atoms with Crippen molar-refractivity contribution in [1.29, 1.82) is 0 Å². The number of benzene rings is 1. The fourth-order valence-corrected chi connectivity index (χ4v) is 3.12. The number of non-ortho nitro benzene ring substituents is 1. The molecule has 1 aliphatic rings. The predicted molar refractivity (Wildman–Crippen MR) is 84.6 cm³/mol. The van der Waals surface area contributed by atoms with Crippen molar-refractivity contribution in [3.8, 4) is 5.75 Å². The van der Waals surface area contributed by atoms with E-state index < -0.39 is 63.0 Å². The molecule has 5 atom stereocenters. The van der Waals surface area contributed by atoms with Crippen LogP contribution in [0.15, 0.2) is 24.3 Å².